The zero-order valence-electron chi connectivity index (χ0n) is 5.93. The van der Waals surface area contributed by atoms with Gasteiger partial charge in [0.1, 0.15) is 0 Å². The number of hydrogen-bond acceptors (Lipinski definition) is 2. The lowest BCUT2D eigenvalue weighted by Crippen LogP contribution is -1.87. The van der Waals surface area contributed by atoms with Crippen molar-refractivity contribution in [2.24, 2.45) is 0 Å². The summed E-state index contributed by atoms with van der Waals surface area (Å²) in [7, 11) is 0. The van der Waals surface area contributed by atoms with E-state index in [2.05, 4.69) is 15.0 Å². The minimum atomic E-state index is 0.301. The second-order valence-electron chi connectivity index (χ2n) is 2.32. The Morgan fingerprint density at radius 3 is 3.09 bits per heavy atom. The Morgan fingerprint density at radius 2 is 2.27 bits per heavy atom. The van der Waals surface area contributed by atoms with Crippen molar-refractivity contribution in [2.45, 2.75) is 6.92 Å². The van der Waals surface area contributed by atoms with Gasteiger partial charge in [0.25, 0.3) is 0 Å². The number of rotatable bonds is 0. The zero-order chi connectivity index (χ0) is 7.84. The van der Waals surface area contributed by atoms with Gasteiger partial charge < -0.3 is 4.98 Å². The number of nitrogens with one attached hydrogen (secondary N) is 1. The Hall–Kier alpha value is -1.09. The van der Waals surface area contributed by atoms with Gasteiger partial charge >= 0.3 is 0 Å². The van der Waals surface area contributed by atoms with Gasteiger partial charge in [0.05, 0.1) is 16.7 Å². The summed E-state index contributed by atoms with van der Waals surface area (Å²) in [6.45, 7) is 1.90. The van der Waals surface area contributed by atoms with E-state index in [9.17, 15) is 0 Å². The Bertz CT molecular complexity index is 393. The molecule has 0 spiro atoms. The van der Waals surface area contributed by atoms with Crippen LogP contribution in [0.4, 0.5) is 0 Å². The van der Waals surface area contributed by atoms with Crippen LogP contribution in [0.5, 0.6) is 0 Å². The summed E-state index contributed by atoms with van der Waals surface area (Å²) >= 11 is 5.64. The molecule has 0 radical (unpaired) electrons. The fraction of sp³-hybridized carbons (Fsp3) is 0.143. The van der Waals surface area contributed by atoms with E-state index in [0.717, 1.165) is 16.7 Å². The third-order valence-electron chi connectivity index (χ3n) is 1.56. The first-order valence-corrected chi connectivity index (χ1v) is 3.62. The van der Waals surface area contributed by atoms with Crippen LogP contribution >= 0.6 is 11.6 Å². The van der Waals surface area contributed by atoms with Gasteiger partial charge in [0, 0.05) is 6.20 Å². The molecule has 4 heteroatoms. The van der Waals surface area contributed by atoms with Crippen molar-refractivity contribution in [3.05, 3.63) is 23.2 Å². The number of halogens is 1. The van der Waals surface area contributed by atoms with Gasteiger partial charge in [-0.3, -0.25) is 0 Å². The highest BCUT2D eigenvalue weighted by Gasteiger charge is 2.01. The molecule has 0 fully saturated rings. The second-order valence-corrected chi connectivity index (χ2v) is 2.65. The highest BCUT2D eigenvalue weighted by molar-refractivity contribution is 6.28. The third-order valence-corrected chi connectivity index (χ3v) is 1.73. The lowest BCUT2D eigenvalue weighted by molar-refractivity contribution is 1.14. The molecule has 0 aliphatic rings. The maximum atomic E-state index is 5.64. The van der Waals surface area contributed by atoms with E-state index in [1.54, 1.807) is 0 Å². The molecule has 2 heterocycles. The van der Waals surface area contributed by atoms with Gasteiger partial charge in [-0.05, 0) is 24.6 Å². The molecule has 0 unspecified atom stereocenters. The first kappa shape index (κ1) is 6.61. The monoisotopic (exact) mass is 167 g/mol. The van der Waals surface area contributed by atoms with Gasteiger partial charge in [-0.15, -0.1) is 0 Å². The van der Waals surface area contributed by atoms with E-state index in [1.807, 2.05) is 19.2 Å². The second kappa shape index (κ2) is 2.20. The molecule has 3 nitrogen and oxygen atoms in total. The summed E-state index contributed by atoms with van der Waals surface area (Å²) < 4.78 is 0. The van der Waals surface area contributed by atoms with Crippen molar-refractivity contribution in [1.29, 1.82) is 0 Å². The number of H-pyrrole nitrogens is 1. The normalized spacial score (nSPS) is 10.7. The quantitative estimate of drug-likeness (QED) is 0.609. The Kier molecular flexibility index (Phi) is 1.32. The summed E-state index contributed by atoms with van der Waals surface area (Å²) in [6.07, 6.45) is 1.82. The molecule has 0 bridgehead atoms. The third kappa shape index (κ3) is 0.973. The van der Waals surface area contributed by atoms with Crippen LogP contribution in [-0.2, 0) is 0 Å². The molecule has 1 N–H and O–H groups in total. The van der Waals surface area contributed by atoms with E-state index < -0.39 is 0 Å². The van der Waals surface area contributed by atoms with Gasteiger partial charge in [0.15, 0.2) is 0 Å². The highest BCUT2D eigenvalue weighted by atomic mass is 35.5. The molecule has 56 valence electrons. The fourth-order valence-electron chi connectivity index (χ4n) is 1.06. The number of aromatic amines is 1. The predicted molar refractivity (Wildman–Crippen MR) is 43.6 cm³/mol. The van der Waals surface area contributed by atoms with Crippen LogP contribution in [0.15, 0.2) is 12.3 Å². The molecule has 0 aliphatic carbocycles. The minimum absolute atomic E-state index is 0.301. The van der Waals surface area contributed by atoms with Gasteiger partial charge in [0.2, 0.25) is 5.28 Å². The zero-order valence-corrected chi connectivity index (χ0v) is 6.68. The summed E-state index contributed by atoms with van der Waals surface area (Å²) in [5.41, 5.74) is 2.70. The van der Waals surface area contributed by atoms with Crippen molar-refractivity contribution in [1.82, 2.24) is 15.0 Å². The smallest absolute Gasteiger partial charge is 0.223 e. The van der Waals surface area contributed by atoms with E-state index in [0.29, 0.717) is 5.28 Å². The van der Waals surface area contributed by atoms with Gasteiger partial charge in [-0.1, -0.05) is 0 Å². The van der Waals surface area contributed by atoms with Crippen LogP contribution in [0, 0.1) is 6.92 Å². The molecule has 2 aromatic heterocycles. The molecule has 0 amide bonds. The first-order valence-electron chi connectivity index (χ1n) is 3.24. The summed E-state index contributed by atoms with van der Waals surface area (Å²) in [6, 6.07) is 1.87. The van der Waals surface area contributed by atoms with E-state index in [1.165, 1.54) is 0 Å². The van der Waals surface area contributed by atoms with Crippen molar-refractivity contribution < 1.29 is 0 Å². The summed E-state index contributed by atoms with van der Waals surface area (Å²) in [5.74, 6) is 0. The van der Waals surface area contributed by atoms with Gasteiger partial charge in [-0.2, -0.15) is 0 Å². The molecule has 2 aromatic rings. The molecule has 11 heavy (non-hydrogen) atoms. The average molecular weight is 168 g/mol. The van der Waals surface area contributed by atoms with Crippen LogP contribution in [-0.4, -0.2) is 15.0 Å². The number of aryl methyl sites for hydroxylation is 1. The maximum Gasteiger partial charge on any atom is 0.223 e. The van der Waals surface area contributed by atoms with Crippen LogP contribution in [0.3, 0.4) is 0 Å². The standard InChI is InChI=1S/C7H6ClN3/c1-4-6-5(2-3-9-6)11-7(8)10-4/h2-3,9H,1H3. The number of nitrogens with zero attached hydrogens (tertiary/aromatic N) is 2. The highest BCUT2D eigenvalue weighted by Crippen LogP contribution is 2.14. The summed E-state index contributed by atoms with van der Waals surface area (Å²) in [4.78, 5) is 11.0. The average Bonchev–Trinajstić information content (AvgIpc) is 2.34. The number of aromatic nitrogens is 3. The van der Waals surface area contributed by atoms with Crippen LogP contribution in [0.2, 0.25) is 5.28 Å². The van der Waals surface area contributed by atoms with Crippen LogP contribution in [0.1, 0.15) is 5.69 Å². The van der Waals surface area contributed by atoms with E-state index in [4.69, 9.17) is 11.6 Å². The molecule has 0 saturated carbocycles. The SMILES string of the molecule is Cc1nc(Cl)nc2cc[nH]c12. The van der Waals surface area contributed by atoms with Crippen LogP contribution < -0.4 is 0 Å². The number of hydrogen-bond donors (Lipinski definition) is 1. The Balaban J connectivity index is 2.91. The van der Waals surface area contributed by atoms with Crippen molar-refractivity contribution in [3.63, 3.8) is 0 Å². The molecule has 0 aromatic carbocycles. The largest absolute Gasteiger partial charge is 0.358 e. The maximum absolute atomic E-state index is 5.64. The molecule has 2 rings (SSSR count). The Labute approximate surface area is 68.4 Å². The lowest BCUT2D eigenvalue weighted by atomic mass is 10.4. The van der Waals surface area contributed by atoms with Crippen molar-refractivity contribution >= 4 is 22.6 Å². The lowest BCUT2D eigenvalue weighted by Gasteiger charge is -1.94. The topological polar surface area (TPSA) is 41.6 Å². The molecule has 0 aliphatic heterocycles. The predicted octanol–water partition coefficient (Wildman–Crippen LogP) is 1.92. The van der Waals surface area contributed by atoms with E-state index >= 15 is 0 Å². The Morgan fingerprint density at radius 1 is 1.45 bits per heavy atom. The summed E-state index contributed by atoms with van der Waals surface area (Å²) in [5, 5.41) is 0.301. The van der Waals surface area contributed by atoms with Crippen molar-refractivity contribution in [3.8, 4) is 0 Å². The van der Waals surface area contributed by atoms with Crippen molar-refractivity contribution in [2.75, 3.05) is 0 Å². The number of fused-ring (bicyclic) bond motifs is 1. The molecular formula is C7H6ClN3. The minimum Gasteiger partial charge on any atom is -0.358 e. The molecule has 0 atom stereocenters. The molecular weight excluding hydrogens is 162 g/mol. The van der Waals surface area contributed by atoms with E-state index in [-0.39, 0.29) is 0 Å². The van der Waals surface area contributed by atoms with Crippen LogP contribution in [0.25, 0.3) is 11.0 Å². The first-order chi connectivity index (χ1) is 5.27. The fourth-order valence-corrected chi connectivity index (χ4v) is 1.28. The van der Waals surface area contributed by atoms with Gasteiger partial charge in [-0.25, -0.2) is 9.97 Å². The molecule has 0 saturated heterocycles.